The Kier molecular flexibility index (Phi) is 6.57. The van der Waals surface area contributed by atoms with Crippen molar-refractivity contribution in [2.24, 2.45) is 0 Å². The van der Waals surface area contributed by atoms with Crippen LogP contribution in [0.25, 0.3) is 0 Å². The summed E-state index contributed by atoms with van der Waals surface area (Å²) >= 11 is 1.47. The molecule has 136 valence electrons. The van der Waals surface area contributed by atoms with Crippen LogP contribution >= 0.6 is 11.3 Å². The molecule has 0 bridgehead atoms. The van der Waals surface area contributed by atoms with Crippen molar-refractivity contribution >= 4 is 17.2 Å². The van der Waals surface area contributed by atoms with Crippen molar-refractivity contribution in [3.05, 3.63) is 57.8 Å². The molecule has 0 radical (unpaired) electrons. The van der Waals surface area contributed by atoms with Gasteiger partial charge in [0.05, 0.1) is 18.7 Å². The lowest BCUT2D eigenvalue weighted by molar-refractivity contribution is -0.141. The summed E-state index contributed by atoms with van der Waals surface area (Å²) in [5.41, 5.74) is -0.711. The van der Waals surface area contributed by atoms with Crippen molar-refractivity contribution < 1.29 is 27.8 Å². The molecule has 1 N–H and O–H groups in total. The standard InChI is InChI=1S/C17H18F3NO3S/c1-24-9-8-21(11-14-3-2-10-25-14)16(23)15(22)12-4-6-13(7-5-12)17(18,19)20/h2-7,10,15,22H,8-9,11H2,1H3. The summed E-state index contributed by atoms with van der Waals surface area (Å²) in [5.74, 6) is -0.579. The highest BCUT2D eigenvalue weighted by Gasteiger charge is 2.31. The number of rotatable bonds is 7. The lowest BCUT2D eigenvalue weighted by Crippen LogP contribution is -2.36. The Balaban J connectivity index is 2.13. The van der Waals surface area contributed by atoms with Crippen molar-refractivity contribution in [2.75, 3.05) is 20.3 Å². The Hall–Kier alpha value is -1.90. The van der Waals surface area contributed by atoms with E-state index in [4.69, 9.17) is 4.74 Å². The number of alkyl halides is 3. The van der Waals surface area contributed by atoms with E-state index in [2.05, 4.69) is 0 Å². The molecule has 1 heterocycles. The first kappa shape index (κ1) is 19.4. The Labute approximate surface area is 147 Å². The van der Waals surface area contributed by atoms with Gasteiger partial charge < -0.3 is 14.7 Å². The van der Waals surface area contributed by atoms with Crippen LogP contribution in [-0.2, 0) is 22.3 Å². The fourth-order valence-corrected chi connectivity index (χ4v) is 2.95. The Morgan fingerprint density at radius 2 is 1.96 bits per heavy atom. The van der Waals surface area contributed by atoms with Gasteiger partial charge in [-0.25, -0.2) is 0 Å². The van der Waals surface area contributed by atoms with Gasteiger partial charge >= 0.3 is 6.18 Å². The van der Waals surface area contributed by atoms with E-state index in [-0.39, 0.29) is 18.7 Å². The second-order valence-electron chi connectivity index (χ2n) is 5.35. The molecule has 0 aliphatic rings. The molecule has 0 saturated carbocycles. The number of hydrogen-bond acceptors (Lipinski definition) is 4. The Morgan fingerprint density at radius 1 is 1.28 bits per heavy atom. The van der Waals surface area contributed by atoms with E-state index >= 15 is 0 Å². The van der Waals surface area contributed by atoms with Gasteiger partial charge in [-0.05, 0) is 29.1 Å². The van der Waals surface area contributed by atoms with E-state index in [1.165, 1.54) is 23.3 Å². The molecule has 25 heavy (non-hydrogen) atoms. The average Bonchev–Trinajstić information content (AvgIpc) is 3.09. The van der Waals surface area contributed by atoms with E-state index in [1.807, 2.05) is 17.5 Å². The summed E-state index contributed by atoms with van der Waals surface area (Å²) < 4.78 is 42.8. The zero-order chi connectivity index (χ0) is 18.4. The van der Waals surface area contributed by atoms with Crippen LogP contribution in [0, 0.1) is 0 Å². The lowest BCUT2D eigenvalue weighted by atomic mass is 10.1. The summed E-state index contributed by atoms with van der Waals surface area (Å²) in [6, 6.07) is 7.65. The zero-order valence-electron chi connectivity index (χ0n) is 13.5. The normalized spacial score (nSPS) is 12.8. The highest BCUT2D eigenvalue weighted by atomic mass is 32.1. The number of carbonyl (C=O) groups excluding carboxylic acids is 1. The minimum atomic E-state index is -4.46. The van der Waals surface area contributed by atoms with Crippen LogP contribution in [-0.4, -0.2) is 36.2 Å². The number of methoxy groups -OCH3 is 1. The zero-order valence-corrected chi connectivity index (χ0v) is 14.3. The van der Waals surface area contributed by atoms with E-state index in [1.54, 1.807) is 0 Å². The van der Waals surface area contributed by atoms with E-state index in [0.29, 0.717) is 6.54 Å². The summed E-state index contributed by atoms with van der Waals surface area (Å²) in [5, 5.41) is 12.1. The van der Waals surface area contributed by atoms with Crippen molar-refractivity contribution in [2.45, 2.75) is 18.8 Å². The first-order valence-corrected chi connectivity index (χ1v) is 8.36. The molecule has 1 aromatic heterocycles. The maximum Gasteiger partial charge on any atom is 0.416 e. The van der Waals surface area contributed by atoms with Gasteiger partial charge in [0.15, 0.2) is 6.10 Å². The van der Waals surface area contributed by atoms with E-state index in [0.717, 1.165) is 29.1 Å². The van der Waals surface area contributed by atoms with E-state index < -0.39 is 23.8 Å². The maximum atomic E-state index is 12.6. The van der Waals surface area contributed by atoms with Crippen molar-refractivity contribution in [3.8, 4) is 0 Å². The lowest BCUT2D eigenvalue weighted by Gasteiger charge is -2.25. The number of amides is 1. The average molecular weight is 373 g/mol. The van der Waals surface area contributed by atoms with Crippen molar-refractivity contribution in [3.63, 3.8) is 0 Å². The van der Waals surface area contributed by atoms with Gasteiger partial charge in [0.1, 0.15) is 0 Å². The quantitative estimate of drug-likeness (QED) is 0.809. The Morgan fingerprint density at radius 3 is 2.48 bits per heavy atom. The van der Waals surface area contributed by atoms with Gasteiger partial charge in [-0.15, -0.1) is 11.3 Å². The molecule has 0 aliphatic heterocycles. The number of ether oxygens (including phenoxy) is 1. The monoisotopic (exact) mass is 373 g/mol. The molecule has 0 saturated heterocycles. The second kappa shape index (κ2) is 8.46. The van der Waals surface area contributed by atoms with E-state index in [9.17, 15) is 23.1 Å². The third kappa shape index (κ3) is 5.29. The second-order valence-corrected chi connectivity index (χ2v) is 6.39. The van der Waals surface area contributed by atoms with Crippen LogP contribution in [0.2, 0.25) is 0 Å². The summed E-state index contributed by atoms with van der Waals surface area (Å²) in [6.07, 6.45) is -5.99. The van der Waals surface area contributed by atoms with Crippen LogP contribution in [0.3, 0.4) is 0 Å². The molecule has 1 unspecified atom stereocenters. The van der Waals surface area contributed by atoms with Gasteiger partial charge in [0, 0.05) is 18.5 Å². The highest BCUT2D eigenvalue weighted by molar-refractivity contribution is 7.09. The molecular formula is C17H18F3NO3S. The number of benzene rings is 1. The molecule has 0 spiro atoms. The SMILES string of the molecule is COCCN(Cc1cccs1)C(=O)C(O)c1ccc(C(F)(F)F)cc1. The van der Waals surface area contributed by atoms with Crippen molar-refractivity contribution in [1.29, 1.82) is 0 Å². The molecule has 0 fully saturated rings. The third-order valence-corrected chi connectivity index (χ3v) is 4.45. The number of aliphatic hydroxyl groups is 1. The van der Waals surface area contributed by atoms with Crippen molar-refractivity contribution in [1.82, 2.24) is 4.90 Å². The minimum Gasteiger partial charge on any atom is -0.383 e. The van der Waals surface area contributed by atoms with Gasteiger partial charge in [0.25, 0.3) is 5.91 Å². The van der Waals surface area contributed by atoms with Gasteiger partial charge in [-0.3, -0.25) is 4.79 Å². The van der Waals surface area contributed by atoms with Crippen LogP contribution in [0.4, 0.5) is 13.2 Å². The number of carbonyl (C=O) groups is 1. The first-order chi connectivity index (χ1) is 11.8. The molecule has 1 amide bonds. The fourth-order valence-electron chi connectivity index (χ4n) is 2.23. The summed E-state index contributed by atoms with van der Waals surface area (Å²) in [7, 11) is 1.50. The number of hydrogen-bond donors (Lipinski definition) is 1. The van der Waals surface area contributed by atoms with Crippen LogP contribution in [0.5, 0.6) is 0 Å². The summed E-state index contributed by atoms with van der Waals surface area (Å²) in [4.78, 5) is 14.9. The first-order valence-electron chi connectivity index (χ1n) is 7.48. The fraction of sp³-hybridized carbons (Fsp3) is 0.353. The molecule has 8 heteroatoms. The van der Waals surface area contributed by atoms with Gasteiger partial charge in [-0.1, -0.05) is 18.2 Å². The molecule has 0 aliphatic carbocycles. The van der Waals surface area contributed by atoms with Crippen LogP contribution < -0.4 is 0 Å². The molecule has 1 aromatic carbocycles. The number of nitrogens with zero attached hydrogens (tertiary/aromatic N) is 1. The van der Waals surface area contributed by atoms with Gasteiger partial charge in [-0.2, -0.15) is 13.2 Å². The number of halogens is 3. The largest absolute Gasteiger partial charge is 0.416 e. The third-order valence-electron chi connectivity index (χ3n) is 3.59. The topological polar surface area (TPSA) is 49.8 Å². The minimum absolute atomic E-state index is 0.117. The molecule has 4 nitrogen and oxygen atoms in total. The van der Waals surface area contributed by atoms with Crippen LogP contribution in [0.1, 0.15) is 22.1 Å². The maximum absolute atomic E-state index is 12.6. The predicted octanol–water partition coefficient (Wildman–Crippen LogP) is 3.48. The van der Waals surface area contributed by atoms with Crippen LogP contribution in [0.15, 0.2) is 41.8 Å². The predicted molar refractivity (Wildman–Crippen MR) is 88.0 cm³/mol. The number of aliphatic hydroxyl groups excluding tert-OH is 1. The highest BCUT2D eigenvalue weighted by Crippen LogP contribution is 2.30. The Bertz CT molecular complexity index is 671. The van der Waals surface area contributed by atoms with Gasteiger partial charge in [0.2, 0.25) is 0 Å². The smallest absolute Gasteiger partial charge is 0.383 e. The molecule has 1 atom stereocenters. The molecule has 2 aromatic rings. The summed E-state index contributed by atoms with van der Waals surface area (Å²) in [6.45, 7) is 0.860. The molecule has 2 rings (SSSR count). The molecular weight excluding hydrogens is 355 g/mol. The number of thiophene rings is 1.